The van der Waals surface area contributed by atoms with Crippen LogP contribution in [0.25, 0.3) is 0 Å². The average molecular weight is 170 g/mol. The molecule has 1 aliphatic rings. The van der Waals surface area contributed by atoms with E-state index >= 15 is 0 Å². The molecule has 1 heterocycles. The molecule has 0 saturated carbocycles. The molecule has 1 fully saturated rings. The summed E-state index contributed by atoms with van der Waals surface area (Å²) >= 11 is 0. The van der Waals surface area contributed by atoms with Crippen LogP contribution in [0.3, 0.4) is 0 Å². The Bertz CT molecular complexity index is 117. The van der Waals surface area contributed by atoms with Gasteiger partial charge in [0.15, 0.2) is 0 Å². The first-order chi connectivity index (χ1) is 5.70. The van der Waals surface area contributed by atoms with Crippen molar-refractivity contribution >= 4 is 0 Å². The van der Waals surface area contributed by atoms with E-state index in [4.69, 9.17) is 0 Å². The van der Waals surface area contributed by atoms with E-state index in [-0.39, 0.29) is 0 Å². The molecule has 1 saturated heterocycles. The monoisotopic (exact) mass is 170 g/mol. The first kappa shape index (κ1) is 10.0. The molecule has 12 heavy (non-hydrogen) atoms. The van der Waals surface area contributed by atoms with Crippen molar-refractivity contribution in [2.75, 3.05) is 26.7 Å². The minimum absolute atomic E-state index is 0.795. The van der Waals surface area contributed by atoms with Gasteiger partial charge in [-0.05, 0) is 38.9 Å². The third-order valence-corrected chi connectivity index (χ3v) is 2.72. The summed E-state index contributed by atoms with van der Waals surface area (Å²) in [4.78, 5) is 2.50. The fourth-order valence-electron chi connectivity index (χ4n) is 1.66. The predicted octanol–water partition coefficient (Wildman–Crippen LogP) is 1.33. The highest BCUT2D eigenvalue weighted by molar-refractivity contribution is 4.78. The van der Waals surface area contributed by atoms with E-state index in [0.29, 0.717) is 0 Å². The molecule has 2 nitrogen and oxygen atoms in total. The van der Waals surface area contributed by atoms with Crippen LogP contribution in [-0.4, -0.2) is 37.6 Å². The molecule has 0 bridgehead atoms. The molecule has 0 aromatic carbocycles. The lowest BCUT2D eigenvalue weighted by molar-refractivity contribution is 0.243. The Kier molecular flexibility index (Phi) is 4.02. The molecule has 1 aliphatic heterocycles. The van der Waals surface area contributed by atoms with Gasteiger partial charge in [0.05, 0.1) is 0 Å². The van der Waals surface area contributed by atoms with E-state index < -0.39 is 0 Å². The summed E-state index contributed by atoms with van der Waals surface area (Å²) in [5.41, 5.74) is 0. The largest absolute Gasteiger partial charge is 0.315 e. The van der Waals surface area contributed by atoms with Gasteiger partial charge in [-0.15, -0.1) is 0 Å². The lowest BCUT2D eigenvalue weighted by atomic mass is 10.1. The van der Waals surface area contributed by atoms with Gasteiger partial charge in [-0.2, -0.15) is 0 Å². The van der Waals surface area contributed by atoms with Gasteiger partial charge in [-0.3, -0.25) is 0 Å². The normalized spacial score (nSPS) is 24.2. The van der Waals surface area contributed by atoms with Gasteiger partial charge >= 0.3 is 0 Å². The second-order valence-electron chi connectivity index (χ2n) is 4.31. The molecule has 1 atom stereocenters. The molecule has 0 amide bonds. The van der Waals surface area contributed by atoms with Crippen LogP contribution in [-0.2, 0) is 0 Å². The van der Waals surface area contributed by atoms with E-state index in [1.165, 1.54) is 32.5 Å². The van der Waals surface area contributed by atoms with Gasteiger partial charge in [0, 0.05) is 12.6 Å². The van der Waals surface area contributed by atoms with E-state index in [0.717, 1.165) is 12.0 Å². The third kappa shape index (κ3) is 3.11. The van der Waals surface area contributed by atoms with E-state index in [9.17, 15) is 0 Å². The fourth-order valence-corrected chi connectivity index (χ4v) is 1.66. The average Bonchev–Trinajstić information content (AvgIpc) is 2.51. The van der Waals surface area contributed by atoms with Crippen molar-refractivity contribution < 1.29 is 0 Å². The lowest BCUT2D eigenvalue weighted by Crippen LogP contribution is -2.34. The van der Waals surface area contributed by atoms with Crippen LogP contribution in [0.15, 0.2) is 0 Å². The summed E-state index contributed by atoms with van der Waals surface area (Å²) in [6.45, 7) is 8.23. The molecule has 0 aromatic rings. The van der Waals surface area contributed by atoms with Crippen molar-refractivity contribution in [2.45, 2.75) is 32.7 Å². The molecule has 0 spiro atoms. The van der Waals surface area contributed by atoms with Crippen LogP contribution in [0.4, 0.5) is 0 Å². The predicted molar refractivity (Wildman–Crippen MR) is 53.4 cm³/mol. The Hall–Kier alpha value is -0.0800. The standard InChI is InChI=1S/C10H22N2/c1-9(2)5-7-12(3)10-4-6-11-8-10/h9-11H,4-8H2,1-3H3. The number of nitrogens with zero attached hydrogens (tertiary/aromatic N) is 1. The Balaban J connectivity index is 2.13. The van der Waals surface area contributed by atoms with E-state index in [1.54, 1.807) is 0 Å². The highest BCUT2D eigenvalue weighted by atomic mass is 15.2. The van der Waals surface area contributed by atoms with Gasteiger partial charge in [0.25, 0.3) is 0 Å². The van der Waals surface area contributed by atoms with Crippen LogP contribution in [0.5, 0.6) is 0 Å². The van der Waals surface area contributed by atoms with E-state index in [1.807, 2.05) is 0 Å². The molecule has 0 aliphatic carbocycles. The second-order valence-corrected chi connectivity index (χ2v) is 4.31. The van der Waals surface area contributed by atoms with Gasteiger partial charge in [0.2, 0.25) is 0 Å². The Morgan fingerprint density at radius 3 is 2.75 bits per heavy atom. The number of hydrogen-bond acceptors (Lipinski definition) is 2. The molecular formula is C10H22N2. The van der Waals surface area contributed by atoms with Crippen molar-refractivity contribution in [1.82, 2.24) is 10.2 Å². The molecule has 72 valence electrons. The first-order valence-electron chi connectivity index (χ1n) is 5.11. The number of hydrogen-bond donors (Lipinski definition) is 1. The summed E-state index contributed by atoms with van der Waals surface area (Å²) < 4.78 is 0. The molecular weight excluding hydrogens is 148 g/mol. The first-order valence-corrected chi connectivity index (χ1v) is 5.11. The highest BCUT2D eigenvalue weighted by Gasteiger charge is 2.18. The van der Waals surface area contributed by atoms with Crippen molar-refractivity contribution in [2.24, 2.45) is 5.92 Å². The Morgan fingerprint density at radius 1 is 1.50 bits per heavy atom. The van der Waals surface area contributed by atoms with Crippen LogP contribution in [0.1, 0.15) is 26.7 Å². The van der Waals surface area contributed by atoms with Crippen molar-refractivity contribution in [3.05, 3.63) is 0 Å². The Morgan fingerprint density at radius 2 is 2.25 bits per heavy atom. The smallest absolute Gasteiger partial charge is 0.0229 e. The zero-order valence-electron chi connectivity index (χ0n) is 8.64. The van der Waals surface area contributed by atoms with Gasteiger partial charge in [-0.1, -0.05) is 13.8 Å². The SMILES string of the molecule is CC(C)CCN(C)C1CCNC1. The van der Waals surface area contributed by atoms with Gasteiger partial charge < -0.3 is 10.2 Å². The minimum Gasteiger partial charge on any atom is -0.315 e. The molecule has 1 rings (SSSR count). The van der Waals surface area contributed by atoms with Gasteiger partial charge in [0.1, 0.15) is 0 Å². The number of rotatable bonds is 4. The van der Waals surface area contributed by atoms with Crippen LogP contribution < -0.4 is 5.32 Å². The van der Waals surface area contributed by atoms with Crippen molar-refractivity contribution in [3.8, 4) is 0 Å². The molecule has 2 heteroatoms. The minimum atomic E-state index is 0.795. The summed E-state index contributed by atoms with van der Waals surface area (Å²) in [5.74, 6) is 0.835. The quantitative estimate of drug-likeness (QED) is 0.684. The molecule has 1 N–H and O–H groups in total. The van der Waals surface area contributed by atoms with Crippen LogP contribution in [0, 0.1) is 5.92 Å². The molecule has 0 aromatic heterocycles. The second kappa shape index (κ2) is 4.83. The van der Waals surface area contributed by atoms with Crippen LogP contribution in [0.2, 0.25) is 0 Å². The highest BCUT2D eigenvalue weighted by Crippen LogP contribution is 2.08. The fraction of sp³-hybridized carbons (Fsp3) is 1.00. The maximum absolute atomic E-state index is 3.40. The van der Waals surface area contributed by atoms with Crippen molar-refractivity contribution in [3.63, 3.8) is 0 Å². The zero-order valence-corrected chi connectivity index (χ0v) is 8.64. The molecule has 1 unspecified atom stereocenters. The number of nitrogens with one attached hydrogen (secondary N) is 1. The maximum Gasteiger partial charge on any atom is 0.0229 e. The van der Waals surface area contributed by atoms with Gasteiger partial charge in [-0.25, -0.2) is 0 Å². The third-order valence-electron chi connectivity index (χ3n) is 2.72. The zero-order chi connectivity index (χ0) is 8.97. The van der Waals surface area contributed by atoms with E-state index in [2.05, 4.69) is 31.1 Å². The lowest BCUT2D eigenvalue weighted by Gasteiger charge is -2.23. The summed E-state index contributed by atoms with van der Waals surface area (Å²) in [6, 6.07) is 0.795. The number of likely N-dealkylation sites (N-methyl/N-ethyl adjacent to an activating group) is 1. The summed E-state index contributed by atoms with van der Waals surface area (Å²) in [5, 5.41) is 3.40. The van der Waals surface area contributed by atoms with Crippen molar-refractivity contribution in [1.29, 1.82) is 0 Å². The Labute approximate surface area is 76.3 Å². The topological polar surface area (TPSA) is 15.3 Å². The summed E-state index contributed by atoms with van der Waals surface area (Å²) in [6.07, 6.45) is 2.65. The maximum atomic E-state index is 3.40. The summed E-state index contributed by atoms with van der Waals surface area (Å²) in [7, 11) is 2.25. The molecule has 0 radical (unpaired) electrons. The van der Waals surface area contributed by atoms with Crippen LogP contribution >= 0.6 is 0 Å².